The summed E-state index contributed by atoms with van der Waals surface area (Å²) in [5.74, 6) is 0.837. The van der Waals surface area contributed by atoms with Gasteiger partial charge in [-0.15, -0.1) is 10.2 Å². The van der Waals surface area contributed by atoms with Crippen molar-refractivity contribution in [2.75, 3.05) is 13.1 Å². The Balaban J connectivity index is 1.55. The third-order valence-corrected chi connectivity index (χ3v) is 4.66. The van der Waals surface area contributed by atoms with Gasteiger partial charge in [-0.1, -0.05) is 36.4 Å². The number of amides is 1. The number of carbonyl (C=O) groups is 1. The van der Waals surface area contributed by atoms with Crippen LogP contribution in [0.4, 0.5) is 0 Å². The number of likely N-dealkylation sites (tertiary alicyclic amines) is 1. The quantitative estimate of drug-likeness (QED) is 0.739. The van der Waals surface area contributed by atoms with Crippen molar-refractivity contribution < 1.29 is 4.79 Å². The molecule has 126 valence electrons. The van der Waals surface area contributed by atoms with Gasteiger partial charge in [0.05, 0.1) is 6.04 Å². The van der Waals surface area contributed by atoms with Crippen LogP contribution in [0.15, 0.2) is 55.0 Å². The first kappa shape index (κ1) is 15.5. The Labute approximate surface area is 146 Å². The third kappa shape index (κ3) is 2.91. The highest BCUT2D eigenvalue weighted by Crippen LogP contribution is 2.27. The van der Waals surface area contributed by atoms with Crippen LogP contribution in [0.5, 0.6) is 0 Å². The summed E-state index contributed by atoms with van der Waals surface area (Å²) in [6.07, 6.45) is 4.31. The summed E-state index contributed by atoms with van der Waals surface area (Å²) in [6, 6.07) is 14.0. The Morgan fingerprint density at radius 3 is 2.80 bits per heavy atom. The molecule has 1 aliphatic rings. The lowest BCUT2D eigenvalue weighted by atomic mass is 10.2. The number of hydrogen-bond acceptors (Lipinski definition) is 4. The van der Waals surface area contributed by atoms with Crippen LogP contribution in [0, 0.1) is 6.92 Å². The van der Waals surface area contributed by atoms with E-state index in [1.807, 2.05) is 54.3 Å². The average Bonchev–Trinajstić information content (AvgIpc) is 3.31. The fraction of sp³-hybridized carbons (Fsp3) is 0.263. The summed E-state index contributed by atoms with van der Waals surface area (Å²) in [7, 11) is 0. The van der Waals surface area contributed by atoms with Crippen LogP contribution in [0.3, 0.4) is 0 Å². The fourth-order valence-electron chi connectivity index (χ4n) is 3.32. The molecule has 2 aromatic heterocycles. The lowest BCUT2D eigenvalue weighted by Gasteiger charge is -2.18. The lowest BCUT2D eigenvalue weighted by Crippen LogP contribution is -2.30. The van der Waals surface area contributed by atoms with Crippen LogP contribution in [-0.2, 0) is 0 Å². The summed E-state index contributed by atoms with van der Waals surface area (Å²) in [4.78, 5) is 18.9. The Morgan fingerprint density at radius 2 is 2.00 bits per heavy atom. The number of hydrogen-bond donors (Lipinski definition) is 0. The first-order valence-electron chi connectivity index (χ1n) is 8.40. The van der Waals surface area contributed by atoms with Crippen molar-refractivity contribution in [2.24, 2.45) is 0 Å². The first-order valence-corrected chi connectivity index (χ1v) is 8.40. The molecule has 0 spiro atoms. The number of nitrogens with zero attached hydrogens (tertiary/aromatic N) is 5. The van der Waals surface area contributed by atoms with Gasteiger partial charge in [0, 0.05) is 24.8 Å². The predicted molar refractivity (Wildman–Crippen MR) is 94.0 cm³/mol. The average molecular weight is 333 g/mol. The van der Waals surface area contributed by atoms with Gasteiger partial charge >= 0.3 is 0 Å². The molecule has 0 radical (unpaired) electrons. The third-order valence-electron chi connectivity index (χ3n) is 4.66. The van der Waals surface area contributed by atoms with Crippen molar-refractivity contribution >= 4 is 5.91 Å². The van der Waals surface area contributed by atoms with E-state index in [1.54, 1.807) is 12.5 Å². The van der Waals surface area contributed by atoms with Gasteiger partial charge < -0.3 is 9.47 Å². The standard InChI is InChI=1S/C19H19N5O/c1-14-6-5-10-20-17(14)19(25)23-11-9-16(12-23)24-13-21-22-18(24)15-7-3-2-4-8-15/h2-8,10,13,16H,9,11-12H2,1H3. The zero-order valence-corrected chi connectivity index (χ0v) is 14.0. The molecule has 1 fully saturated rings. The molecule has 1 saturated heterocycles. The molecule has 6 heteroatoms. The Hall–Kier alpha value is -3.02. The highest BCUT2D eigenvalue weighted by molar-refractivity contribution is 5.93. The molecule has 3 heterocycles. The van der Waals surface area contributed by atoms with Gasteiger partial charge in [-0.05, 0) is 25.0 Å². The van der Waals surface area contributed by atoms with Crippen molar-refractivity contribution in [2.45, 2.75) is 19.4 Å². The van der Waals surface area contributed by atoms with Crippen molar-refractivity contribution in [3.63, 3.8) is 0 Å². The second kappa shape index (κ2) is 6.47. The van der Waals surface area contributed by atoms with E-state index in [1.165, 1.54) is 0 Å². The topological polar surface area (TPSA) is 63.9 Å². The van der Waals surface area contributed by atoms with E-state index < -0.39 is 0 Å². The predicted octanol–water partition coefficient (Wildman–Crippen LogP) is 2.74. The summed E-state index contributed by atoms with van der Waals surface area (Å²) < 4.78 is 2.08. The van der Waals surface area contributed by atoms with Gasteiger partial charge in [-0.25, -0.2) is 0 Å². The van der Waals surface area contributed by atoms with Gasteiger partial charge in [0.1, 0.15) is 12.0 Å². The maximum absolute atomic E-state index is 12.8. The molecule has 1 aromatic carbocycles. The SMILES string of the molecule is Cc1cccnc1C(=O)N1CCC(n2cnnc2-c2ccccc2)C1. The maximum atomic E-state index is 12.8. The number of rotatable bonds is 3. The normalized spacial score (nSPS) is 17.0. The van der Waals surface area contributed by atoms with E-state index in [0.29, 0.717) is 18.8 Å². The molecule has 1 amide bonds. The summed E-state index contributed by atoms with van der Waals surface area (Å²) >= 11 is 0. The Bertz CT molecular complexity index is 890. The second-order valence-electron chi connectivity index (χ2n) is 6.29. The molecule has 0 N–H and O–H groups in total. The zero-order valence-electron chi connectivity index (χ0n) is 14.0. The molecule has 0 bridgehead atoms. The largest absolute Gasteiger partial charge is 0.335 e. The van der Waals surface area contributed by atoms with Crippen molar-refractivity contribution in [3.05, 3.63) is 66.2 Å². The molecule has 1 unspecified atom stereocenters. The summed E-state index contributed by atoms with van der Waals surface area (Å²) in [5.41, 5.74) is 2.48. The second-order valence-corrected chi connectivity index (χ2v) is 6.29. The Kier molecular flexibility index (Phi) is 4.01. The van der Waals surface area contributed by atoms with Crippen LogP contribution in [-0.4, -0.2) is 43.6 Å². The van der Waals surface area contributed by atoms with Gasteiger partial charge in [0.2, 0.25) is 0 Å². The number of aryl methyl sites for hydroxylation is 1. The molecule has 0 saturated carbocycles. The van der Waals surface area contributed by atoms with Crippen molar-refractivity contribution in [3.8, 4) is 11.4 Å². The van der Waals surface area contributed by atoms with Crippen LogP contribution in [0.25, 0.3) is 11.4 Å². The molecule has 3 aromatic rings. The van der Waals surface area contributed by atoms with E-state index in [2.05, 4.69) is 19.7 Å². The van der Waals surface area contributed by atoms with Crippen LogP contribution in [0.1, 0.15) is 28.5 Å². The van der Waals surface area contributed by atoms with E-state index in [9.17, 15) is 4.79 Å². The van der Waals surface area contributed by atoms with Crippen LogP contribution >= 0.6 is 0 Å². The number of pyridine rings is 1. The minimum Gasteiger partial charge on any atom is -0.335 e. The molecular formula is C19H19N5O. The smallest absolute Gasteiger partial charge is 0.272 e. The first-order chi connectivity index (χ1) is 12.2. The van der Waals surface area contributed by atoms with Crippen molar-refractivity contribution in [1.82, 2.24) is 24.6 Å². The summed E-state index contributed by atoms with van der Waals surface area (Å²) in [6.45, 7) is 3.28. The zero-order chi connectivity index (χ0) is 17.2. The van der Waals surface area contributed by atoms with E-state index in [4.69, 9.17) is 0 Å². The molecular weight excluding hydrogens is 314 g/mol. The molecule has 0 aliphatic carbocycles. The highest BCUT2D eigenvalue weighted by Gasteiger charge is 2.30. The van der Waals surface area contributed by atoms with Crippen LogP contribution < -0.4 is 0 Å². The highest BCUT2D eigenvalue weighted by atomic mass is 16.2. The van der Waals surface area contributed by atoms with Crippen molar-refractivity contribution in [1.29, 1.82) is 0 Å². The lowest BCUT2D eigenvalue weighted by molar-refractivity contribution is 0.0781. The van der Waals surface area contributed by atoms with Gasteiger partial charge in [-0.2, -0.15) is 0 Å². The van der Waals surface area contributed by atoms with Crippen LogP contribution in [0.2, 0.25) is 0 Å². The number of carbonyl (C=O) groups excluding carboxylic acids is 1. The molecule has 25 heavy (non-hydrogen) atoms. The maximum Gasteiger partial charge on any atom is 0.272 e. The van der Waals surface area contributed by atoms with E-state index >= 15 is 0 Å². The molecule has 1 aliphatic heterocycles. The number of benzene rings is 1. The van der Waals surface area contributed by atoms with Gasteiger partial charge in [0.25, 0.3) is 5.91 Å². The Morgan fingerprint density at radius 1 is 1.16 bits per heavy atom. The monoisotopic (exact) mass is 333 g/mol. The molecule has 1 atom stereocenters. The molecule has 4 rings (SSSR count). The van der Waals surface area contributed by atoms with E-state index in [-0.39, 0.29) is 11.9 Å². The fourth-order valence-corrected chi connectivity index (χ4v) is 3.32. The molecule has 6 nitrogen and oxygen atoms in total. The van der Waals surface area contributed by atoms with E-state index in [0.717, 1.165) is 23.4 Å². The van der Waals surface area contributed by atoms with Gasteiger partial charge in [-0.3, -0.25) is 9.78 Å². The number of aromatic nitrogens is 4. The van der Waals surface area contributed by atoms with Gasteiger partial charge in [0.15, 0.2) is 5.82 Å². The minimum absolute atomic E-state index is 0.00469. The summed E-state index contributed by atoms with van der Waals surface area (Å²) in [5, 5.41) is 8.35. The minimum atomic E-state index is -0.00469.